The van der Waals surface area contributed by atoms with E-state index in [9.17, 15) is 14.4 Å². The number of hydrogen-bond donors (Lipinski definition) is 0. The Kier molecular flexibility index (Phi) is 6.73. The molecule has 0 amide bonds. The van der Waals surface area contributed by atoms with Crippen LogP contribution in [0.15, 0.2) is 60.7 Å². The van der Waals surface area contributed by atoms with Gasteiger partial charge in [-0.15, -0.1) is 0 Å². The Bertz CT molecular complexity index is 823. The Labute approximate surface area is 165 Å². The monoisotopic (exact) mass is 382 g/mol. The van der Waals surface area contributed by atoms with Crippen molar-refractivity contribution < 1.29 is 23.9 Å². The number of rotatable bonds is 8. The molecule has 148 valence electrons. The van der Waals surface area contributed by atoms with Crippen molar-refractivity contribution in [1.82, 2.24) is 0 Å². The third-order valence-electron chi connectivity index (χ3n) is 4.30. The van der Waals surface area contributed by atoms with Gasteiger partial charge in [-0.05, 0) is 52.7 Å². The summed E-state index contributed by atoms with van der Waals surface area (Å²) in [5.74, 6) is -1.97. The highest BCUT2D eigenvalue weighted by Gasteiger charge is 2.32. The van der Waals surface area contributed by atoms with Crippen LogP contribution in [-0.2, 0) is 14.3 Å². The molecule has 0 unspecified atom stereocenters. The Hall–Kier alpha value is -2.95. The summed E-state index contributed by atoms with van der Waals surface area (Å²) in [4.78, 5) is 36.6. The van der Waals surface area contributed by atoms with E-state index in [0.29, 0.717) is 24.0 Å². The first kappa shape index (κ1) is 21.4. The fraction of sp³-hybridized carbons (Fsp3) is 0.348. The van der Waals surface area contributed by atoms with Crippen molar-refractivity contribution >= 4 is 17.7 Å². The van der Waals surface area contributed by atoms with E-state index in [1.807, 2.05) is 6.07 Å². The fourth-order valence-corrected chi connectivity index (χ4v) is 2.59. The van der Waals surface area contributed by atoms with Crippen LogP contribution in [0.5, 0.6) is 0 Å². The standard InChI is InChI=1S/C23H26O5/c1-22(2,27-20(25)18-13-9-6-10-14-18)15-16-23(3,4)28-21(26)19(24)17-11-7-5-8-12-17/h5-14H,15-16H2,1-4H3. The lowest BCUT2D eigenvalue weighted by Crippen LogP contribution is -2.36. The summed E-state index contributed by atoms with van der Waals surface area (Å²) in [6.45, 7) is 7.08. The quantitative estimate of drug-likeness (QED) is 0.379. The normalized spacial score (nSPS) is 11.6. The van der Waals surface area contributed by atoms with Crippen LogP contribution < -0.4 is 0 Å². The van der Waals surface area contributed by atoms with Crippen LogP contribution in [0, 0.1) is 0 Å². The molecule has 0 aliphatic heterocycles. The number of Topliss-reactive ketones (excluding diaryl/α,β-unsaturated/α-hetero) is 1. The van der Waals surface area contributed by atoms with E-state index >= 15 is 0 Å². The van der Waals surface area contributed by atoms with Gasteiger partial charge >= 0.3 is 11.9 Å². The molecule has 0 atom stereocenters. The molecule has 0 aromatic heterocycles. The predicted octanol–water partition coefficient (Wildman–Crippen LogP) is 4.61. The Morgan fingerprint density at radius 1 is 0.679 bits per heavy atom. The van der Waals surface area contributed by atoms with E-state index in [0.717, 1.165) is 0 Å². The molecule has 0 aliphatic rings. The van der Waals surface area contributed by atoms with Gasteiger partial charge in [-0.3, -0.25) is 4.79 Å². The Morgan fingerprint density at radius 2 is 1.11 bits per heavy atom. The molecule has 5 heteroatoms. The second kappa shape index (κ2) is 8.83. The number of benzene rings is 2. The molecule has 0 bridgehead atoms. The zero-order chi connectivity index (χ0) is 20.8. The van der Waals surface area contributed by atoms with E-state index in [4.69, 9.17) is 9.47 Å². The summed E-state index contributed by atoms with van der Waals surface area (Å²) >= 11 is 0. The highest BCUT2D eigenvalue weighted by molar-refractivity contribution is 6.40. The maximum absolute atomic E-state index is 12.3. The van der Waals surface area contributed by atoms with Crippen molar-refractivity contribution in [2.24, 2.45) is 0 Å². The molecule has 2 rings (SSSR count). The van der Waals surface area contributed by atoms with E-state index in [1.165, 1.54) is 0 Å². The maximum Gasteiger partial charge on any atom is 0.380 e. The average Bonchev–Trinajstić information content (AvgIpc) is 2.67. The van der Waals surface area contributed by atoms with Gasteiger partial charge in [-0.2, -0.15) is 0 Å². The van der Waals surface area contributed by atoms with Crippen molar-refractivity contribution in [2.45, 2.75) is 51.7 Å². The molecule has 5 nitrogen and oxygen atoms in total. The van der Waals surface area contributed by atoms with Gasteiger partial charge in [0.15, 0.2) is 0 Å². The molecule has 0 spiro atoms. The molecule has 0 saturated heterocycles. The molecular weight excluding hydrogens is 356 g/mol. The molecule has 0 N–H and O–H groups in total. The molecule has 0 saturated carbocycles. The van der Waals surface area contributed by atoms with Crippen LogP contribution in [0.25, 0.3) is 0 Å². The smallest absolute Gasteiger partial charge is 0.380 e. The first-order chi connectivity index (χ1) is 13.1. The van der Waals surface area contributed by atoms with Gasteiger partial charge < -0.3 is 9.47 Å². The number of ether oxygens (including phenoxy) is 2. The molecule has 0 radical (unpaired) electrons. The zero-order valence-electron chi connectivity index (χ0n) is 16.7. The van der Waals surface area contributed by atoms with Gasteiger partial charge in [0.2, 0.25) is 0 Å². The lowest BCUT2D eigenvalue weighted by molar-refractivity contribution is -0.152. The number of esters is 2. The van der Waals surface area contributed by atoms with Gasteiger partial charge in [0.05, 0.1) is 5.56 Å². The topological polar surface area (TPSA) is 69.7 Å². The lowest BCUT2D eigenvalue weighted by Gasteiger charge is -2.31. The largest absolute Gasteiger partial charge is 0.456 e. The van der Waals surface area contributed by atoms with Crippen LogP contribution in [0.1, 0.15) is 61.3 Å². The molecule has 0 heterocycles. The highest BCUT2D eigenvalue weighted by Crippen LogP contribution is 2.26. The van der Waals surface area contributed by atoms with E-state index in [1.54, 1.807) is 82.3 Å². The summed E-state index contributed by atoms with van der Waals surface area (Å²) in [5, 5.41) is 0. The zero-order valence-corrected chi connectivity index (χ0v) is 16.7. The SMILES string of the molecule is CC(C)(CCC(C)(C)OC(=O)c1ccccc1)OC(=O)C(=O)c1ccccc1. The fourth-order valence-electron chi connectivity index (χ4n) is 2.59. The summed E-state index contributed by atoms with van der Waals surface area (Å²) in [6.07, 6.45) is 0.890. The average molecular weight is 382 g/mol. The van der Waals surface area contributed by atoms with Gasteiger partial charge in [0, 0.05) is 5.56 Å². The molecule has 0 aliphatic carbocycles. The summed E-state index contributed by atoms with van der Waals surface area (Å²) < 4.78 is 11.0. The second-order valence-electron chi connectivity index (χ2n) is 7.86. The minimum Gasteiger partial charge on any atom is -0.456 e. The van der Waals surface area contributed by atoms with Crippen molar-refractivity contribution in [2.75, 3.05) is 0 Å². The number of carbonyl (C=O) groups excluding carboxylic acids is 3. The van der Waals surface area contributed by atoms with Crippen molar-refractivity contribution in [3.63, 3.8) is 0 Å². The molecule has 2 aromatic rings. The summed E-state index contributed by atoms with van der Waals surface area (Å²) in [7, 11) is 0. The number of carbonyl (C=O) groups is 3. The van der Waals surface area contributed by atoms with Crippen LogP contribution in [-0.4, -0.2) is 28.9 Å². The number of ketones is 1. The van der Waals surface area contributed by atoms with Gasteiger partial charge in [-0.25, -0.2) is 9.59 Å². The van der Waals surface area contributed by atoms with Crippen molar-refractivity contribution in [1.29, 1.82) is 0 Å². The Balaban J connectivity index is 1.91. The maximum atomic E-state index is 12.3. The molecule has 0 fully saturated rings. The molecular formula is C23H26O5. The summed E-state index contributed by atoms with van der Waals surface area (Å²) in [5.41, 5.74) is -0.854. The van der Waals surface area contributed by atoms with Crippen LogP contribution in [0.2, 0.25) is 0 Å². The highest BCUT2D eigenvalue weighted by atomic mass is 16.6. The van der Waals surface area contributed by atoms with E-state index in [2.05, 4.69) is 0 Å². The van der Waals surface area contributed by atoms with Crippen LogP contribution >= 0.6 is 0 Å². The van der Waals surface area contributed by atoms with Crippen molar-refractivity contribution in [3.8, 4) is 0 Å². The number of hydrogen-bond acceptors (Lipinski definition) is 5. The first-order valence-corrected chi connectivity index (χ1v) is 9.21. The van der Waals surface area contributed by atoms with Gasteiger partial charge in [-0.1, -0.05) is 48.5 Å². The van der Waals surface area contributed by atoms with E-state index < -0.39 is 28.9 Å². The van der Waals surface area contributed by atoms with Crippen molar-refractivity contribution in [3.05, 3.63) is 71.8 Å². The minimum absolute atomic E-state index is 0.292. The minimum atomic E-state index is -0.893. The predicted molar refractivity (Wildman–Crippen MR) is 106 cm³/mol. The third-order valence-corrected chi connectivity index (χ3v) is 4.30. The molecule has 28 heavy (non-hydrogen) atoms. The Morgan fingerprint density at radius 3 is 1.61 bits per heavy atom. The van der Waals surface area contributed by atoms with Gasteiger partial charge in [0.1, 0.15) is 11.2 Å². The van der Waals surface area contributed by atoms with Crippen LogP contribution in [0.4, 0.5) is 0 Å². The van der Waals surface area contributed by atoms with Crippen LogP contribution in [0.3, 0.4) is 0 Å². The second-order valence-corrected chi connectivity index (χ2v) is 7.86. The van der Waals surface area contributed by atoms with E-state index in [-0.39, 0.29) is 0 Å². The molecule has 2 aromatic carbocycles. The third kappa shape index (κ3) is 6.34. The lowest BCUT2D eigenvalue weighted by atomic mass is 9.93. The van der Waals surface area contributed by atoms with Gasteiger partial charge in [0.25, 0.3) is 5.78 Å². The summed E-state index contributed by atoms with van der Waals surface area (Å²) in [6, 6.07) is 17.1. The first-order valence-electron chi connectivity index (χ1n) is 9.21.